The van der Waals surface area contributed by atoms with E-state index in [9.17, 15) is 19.2 Å². The fourth-order valence-corrected chi connectivity index (χ4v) is 3.64. The summed E-state index contributed by atoms with van der Waals surface area (Å²) in [4.78, 5) is 51.2. The van der Waals surface area contributed by atoms with Crippen LogP contribution in [0.3, 0.4) is 0 Å². The highest BCUT2D eigenvalue weighted by Crippen LogP contribution is 2.21. The summed E-state index contributed by atoms with van der Waals surface area (Å²) in [6.45, 7) is 5.13. The first-order chi connectivity index (χ1) is 15.9. The summed E-state index contributed by atoms with van der Waals surface area (Å²) in [6.07, 6.45) is 2.14. The zero-order valence-electron chi connectivity index (χ0n) is 18.9. The molecule has 33 heavy (non-hydrogen) atoms. The van der Waals surface area contributed by atoms with Gasteiger partial charge in [0.15, 0.2) is 0 Å². The summed E-state index contributed by atoms with van der Waals surface area (Å²) in [5.41, 5.74) is 1.55. The number of para-hydroxylation sites is 1. The van der Waals surface area contributed by atoms with Crippen LogP contribution in [0.1, 0.15) is 53.8 Å². The van der Waals surface area contributed by atoms with Crippen LogP contribution in [0.2, 0.25) is 0 Å². The summed E-state index contributed by atoms with van der Waals surface area (Å²) >= 11 is 0. The van der Waals surface area contributed by atoms with Gasteiger partial charge in [-0.3, -0.25) is 14.4 Å². The Morgan fingerprint density at radius 1 is 1.03 bits per heavy atom. The number of nitrogens with zero attached hydrogens (tertiary/aromatic N) is 1. The van der Waals surface area contributed by atoms with Crippen molar-refractivity contribution in [3.05, 3.63) is 59.7 Å². The normalized spacial score (nSPS) is 15.3. The third-order valence-electron chi connectivity index (χ3n) is 5.45. The number of amides is 3. The maximum absolute atomic E-state index is 12.7. The smallest absolute Gasteiger partial charge is 0.340 e. The van der Waals surface area contributed by atoms with Gasteiger partial charge >= 0.3 is 5.97 Å². The summed E-state index contributed by atoms with van der Waals surface area (Å²) in [5.74, 6) is -1.47. The van der Waals surface area contributed by atoms with Gasteiger partial charge in [-0.2, -0.15) is 0 Å². The van der Waals surface area contributed by atoms with E-state index in [2.05, 4.69) is 17.6 Å². The molecule has 2 aromatic rings. The van der Waals surface area contributed by atoms with E-state index in [1.54, 1.807) is 60.4 Å². The van der Waals surface area contributed by atoms with E-state index in [4.69, 9.17) is 4.74 Å². The monoisotopic (exact) mass is 451 g/mol. The minimum Gasteiger partial charge on any atom is -0.462 e. The first kappa shape index (κ1) is 24.0. The number of anilines is 2. The lowest BCUT2D eigenvalue weighted by Gasteiger charge is -2.16. The van der Waals surface area contributed by atoms with Gasteiger partial charge in [0.2, 0.25) is 11.8 Å². The lowest BCUT2D eigenvalue weighted by molar-refractivity contribution is -0.128. The van der Waals surface area contributed by atoms with Gasteiger partial charge in [-0.25, -0.2) is 4.79 Å². The largest absolute Gasteiger partial charge is 0.462 e. The van der Waals surface area contributed by atoms with Crippen LogP contribution < -0.4 is 10.6 Å². The average Bonchev–Trinajstić information content (AvgIpc) is 3.19. The van der Waals surface area contributed by atoms with E-state index in [-0.39, 0.29) is 36.3 Å². The number of benzene rings is 2. The van der Waals surface area contributed by atoms with Crippen molar-refractivity contribution >= 4 is 35.1 Å². The maximum Gasteiger partial charge on any atom is 0.340 e. The van der Waals surface area contributed by atoms with Crippen molar-refractivity contribution in [1.29, 1.82) is 0 Å². The highest BCUT2D eigenvalue weighted by atomic mass is 16.5. The first-order valence-corrected chi connectivity index (χ1v) is 11.2. The van der Waals surface area contributed by atoms with Crippen molar-refractivity contribution < 1.29 is 23.9 Å². The topological polar surface area (TPSA) is 105 Å². The number of ether oxygens (including phenoxy) is 1. The zero-order chi connectivity index (χ0) is 23.8. The van der Waals surface area contributed by atoms with Gasteiger partial charge < -0.3 is 20.3 Å². The minimum absolute atomic E-state index is 0.0127. The molecule has 0 aliphatic carbocycles. The highest BCUT2D eigenvalue weighted by Gasteiger charge is 2.33. The molecule has 0 unspecified atom stereocenters. The van der Waals surface area contributed by atoms with E-state index in [0.717, 1.165) is 12.8 Å². The predicted molar refractivity (Wildman–Crippen MR) is 125 cm³/mol. The fourth-order valence-electron chi connectivity index (χ4n) is 3.64. The third kappa shape index (κ3) is 6.19. The molecular weight excluding hydrogens is 422 g/mol. The summed E-state index contributed by atoms with van der Waals surface area (Å²) < 4.78 is 5.03. The molecule has 1 aliphatic heterocycles. The molecule has 2 aromatic carbocycles. The number of rotatable bonds is 9. The number of likely N-dealkylation sites (tertiary alicyclic amines) is 1. The molecule has 1 atom stereocenters. The molecule has 1 fully saturated rings. The van der Waals surface area contributed by atoms with E-state index < -0.39 is 11.9 Å². The van der Waals surface area contributed by atoms with Crippen molar-refractivity contribution in [2.24, 2.45) is 5.92 Å². The Morgan fingerprint density at radius 3 is 2.45 bits per heavy atom. The molecule has 0 spiro atoms. The summed E-state index contributed by atoms with van der Waals surface area (Å²) in [7, 11) is 0. The molecule has 3 amide bonds. The highest BCUT2D eigenvalue weighted by molar-refractivity contribution is 6.08. The van der Waals surface area contributed by atoms with Crippen LogP contribution in [0.25, 0.3) is 0 Å². The van der Waals surface area contributed by atoms with Gasteiger partial charge in [-0.15, -0.1) is 0 Å². The Hall–Kier alpha value is -3.68. The van der Waals surface area contributed by atoms with Crippen molar-refractivity contribution in [2.75, 3.05) is 30.3 Å². The Morgan fingerprint density at radius 2 is 1.76 bits per heavy atom. The molecule has 0 radical (unpaired) electrons. The number of carbonyl (C=O) groups excluding carboxylic acids is 4. The van der Waals surface area contributed by atoms with Gasteiger partial charge in [0, 0.05) is 30.8 Å². The Balaban J connectivity index is 1.59. The van der Waals surface area contributed by atoms with Crippen LogP contribution in [0.5, 0.6) is 0 Å². The molecule has 0 bridgehead atoms. The van der Waals surface area contributed by atoms with Gasteiger partial charge in [-0.1, -0.05) is 25.5 Å². The van der Waals surface area contributed by atoms with Gasteiger partial charge in [0.25, 0.3) is 5.91 Å². The second-order valence-corrected chi connectivity index (χ2v) is 7.88. The van der Waals surface area contributed by atoms with Crippen LogP contribution in [0, 0.1) is 5.92 Å². The lowest BCUT2D eigenvalue weighted by Crippen LogP contribution is -2.29. The zero-order valence-corrected chi connectivity index (χ0v) is 18.9. The van der Waals surface area contributed by atoms with E-state index in [0.29, 0.717) is 30.0 Å². The molecule has 0 saturated carbocycles. The van der Waals surface area contributed by atoms with Crippen molar-refractivity contribution in [1.82, 2.24) is 4.90 Å². The standard InChI is InChI=1S/C25H29N3O5/c1-3-5-14-28-16-18(15-22(28)29)24(31)26-19-12-10-17(11-13-19)23(30)27-21-9-7-6-8-20(21)25(32)33-4-2/h6-13,18H,3-5,14-16H2,1-2H3,(H,26,31)(H,27,30)/t18-/m0/s1. The van der Waals surface area contributed by atoms with Crippen molar-refractivity contribution in [3.63, 3.8) is 0 Å². The van der Waals surface area contributed by atoms with Crippen LogP contribution in [0.15, 0.2) is 48.5 Å². The Labute approximate surface area is 193 Å². The molecule has 0 aromatic heterocycles. The fraction of sp³-hybridized carbons (Fsp3) is 0.360. The van der Waals surface area contributed by atoms with Crippen LogP contribution >= 0.6 is 0 Å². The van der Waals surface area contributed by atoms with Gasteiger partial charge in [0.1, 0.15) is 0 Å². The molecule has 8 heteroatoms. The number of unbranched alkanes of at least 4 members (excludes halogenated alkanes) is 1. The first-order valence-electron chi connectivity index (χ1n) is 11.2. The maximum atomic E-state index is 12.7. The van der Waals surface area contributed by atoms with Gasteiger partial charge in [0.05, 0.1) is 23.8 Å². The van der Waals surface area contributed by atoms with Crippen molar-refractivity contribution in [2.45, 2.75) is 33.1 Å². The number of hydrogen-bond acceptors (Lipinski definition) is 5. The third-order valence-corrected chi connectivity index (χ3v) is 5.45. The molecule has 1 heterocycles. The molecule has 3 rings (SSSR count). The quantitative estimate of drug-likeness (QED) is 0.566. The predicted octanol–water partition coefficient (Wildman–Crippen LogP) is 3.70. The minimum atomic E-state index is -0.509. The van der Waals surface area contributed by atoms with Gasteiger partial charge in [-0.05, 0) is 49.7 Å². The Kier molecular flexibility index (Phi) is 8.18. The lowest BCUT2D eigenvalue weighted by atomic mass is 10.1. The SMILES string of the molecule is CCCCN1C[C@@H](C(=O)Nc2ccc(C(=O)Nc3ccccc3C(=O)OCC)cc2)CC1=O. The second kappa shape index (κ2) is 11.3. The summed E-state index contributed by atoms with van der Waals surface area (Å²) in [5, 5.41) is 5.55. The molecule has 174 valence electrons. The average molecular weight is 452 g/mol. The summed E-state index contributed by atoms with van der Waals surface area (Å²) in [6, 6.07) is 13.1. The van der Waals surface area contributed by atoms with Crippen LogP contribution in [0.4, 0.5) is 11.4 Å². The van der Waals surface area contributed by atoms with E-state index in [1.165, 1.54) is 0 Å². The number of nitrogens with one attached hydrogen (secondary N) is 2. The number of carbonyl (C=O) groups is 4. The van der Waals surface area contributed by atoms with Crippen LogP contribution in [-0.4, -0.2) is 48.3 Å². The molecule has 1 aliphatic rings. The molecule has 1 saturated heterocycles. The molecule has 2 N–H and O–H groups in total. The van der Waals surface area contributed by atoms with E-state index >= 15 is 0 Å². The Bertz CT molecular complexity index is 1020. The van der Waals surface area contributed by atoms with Crippen LogP contribution in [-0.2, 0) is 14.3 Å². The number of esters is 1. The second-order valence-electron chi connectivity index (χ2n) is 7.88. The van der Waals surface area contributed by atoms with E-state index in [1.807, 2.05) is 0 Å². The number of hydrogen-bond donors (Lipinski definition) is 2. The molecule has 8 nitrogen and oxygen atoms in total. The van der Waals surface area contributed by atoms with Crippen molar-refractivity contribution in [3.8, 4) is 0 Å². The molecular formula is C25H29N3O5.